The summed E-state index contributed by atoms with van der Waals surface area (Å²) in [6.45, 7) is 0.794. The van der Waals surface area contributed by atoms with Crippen LogP contribution in [0.2, 0.25) is 0 Å². The van der Waals surface area contributed by atoms with E-state index >= 15 is 0 Å². The monoisotopic (exact) mass is 398 g/mol. The molecule has 0 unspecified atom stereocenters. The van der Waals surface area contributed by atoms with E-state index < -0.39 is 5.92 Å². The highest BCUT2D eigenvalue weighted by Crippen LogP contribution is 2.34. The standard InChI is InChI=1S/C21H20F2N4O2/c1-28-18-4-2-15(3-5-18)14-29-19-10-17(26-8-6-21(22,23)7-9-26)13-27-20(19)16(11-24)12-25-27/h2-5,10,12-13H,6-9,14H2,1H3. The fourth-order valence-electron chi connectivity index (χ4n) is 3.41. The van der Waals surface area contributed by atoms with Crippen LogP contribution in [0.5, 0.6) is 11.5 Å². The molecule has 29 heavy (non-hydrogen) atoms. The number of hydrogen-bond acceptors (Lipinski definition) is 5. The summed E-state index contributed by atoms with van der Waals surface area (Å²) in [5, 5.41) is 13.6. The maximum Gasteiger partial charge on any atom is 0.251 e. The molecule has 1 aliphatic heterocycles. The molecule has 0 spiro atoms. The van der Waals surface area contributed by atoms with Gasteiger partial charge in [-0.05, 0) is 17.7 Å². The van der Waals surface area contributed by atoms with Crippen LogP contribution < -0.4 is 14.4 Å². The van der Waals surface area contributed by atoms with Gasteiger partial charge in [0, 0.05) is 32.0 Å². The van der Waals surface area contributed by atoms with Crippen LogP contribution in [0.1, 0.15) is 24.0 Å². The van der Waals surface area contributed by atoms with Crippen LogP contribution in [0.3, 0.4) is 0 Å². The minimum absolute atomic E-state index is 0.185. The van der Waals surface area contributed by atoms with Crippen molar-refractivity contribution in [3.8, 4) is 17.6 Å². The molecule has 3 aromatic rings. The Morgan fingerprint density at radius 2 is 1.93 bits per heavy atom. The zero-order valence-corrected chi connectivity index (χ0v) is 15.9. The van der Waals surface area contributed by atoms with Gasteiger partial charge in [0.2, 0.25) is 0 Å². The number of halogens is 2. The Labute approximate surface area is 166 Å². The Morgan fingerprint density at radius 1 is 1.21 bits per heavy atom. The van der Waals surface area contributed by atoms with E-state index in [4.69, 9.17) is 9.47 Å². The maximum atomic E-state index is 13.5. The molecule has 1 fully saturated rings. The van der Waals surface area contributed by atoms with E-state index in [0.717, 1.165) is 17.0 Å². The number of rotatable bonds is 5. The number of piperidine rings is 1. The Hall–Kier alpha value is -3.34. The van der Waals surface area contributed by atoms with E-state index in [0.29, 0.717) is 16.8 Å². The second-order valence-electron chi connectivity index (χ2n) is 7.01. The van der Waals surface area contributed by atoms with Crippen molar-refractivity contribution in [2.24, 2.45) is 0 Å². The third-order valence-corrected chi connectivity index (χ3v) is 5.10. The summed E-state index contributed by atoms with van der Waals surface area (Å²) in [4.78, 5) is 1.89. The lowest BCUT2D eigenvalue weighted by Gasteiger charge is -2.33. The molecule has 0 aliphatic carbocycles. The number of hydrogen-bond donors (Lipinski definition) is 0. The summed E-state index contributed by atoms with van der Waals surface area (Å²) in [5.41, 5.74) is 2.63. The maximum absolute atomic E-state index is 13.5. The van der Waals surface area contributed by atoms with E-state index in [1.807, 2.05) is 29.2 Å². The molecule has 1 saturated heterocycles. The van der Waals surface area contributed by atoms with E-state index in [1.54, 1.807) is 23.9 Å². The van der Waals surface area contributed by atoms with Crippen LogP contribution in [0.15, 0.2) is 42.7 Å². The first-order chi connectivity index (χ1) is 14.0. The van der Waals surface area contributed by atoms with Gasteiger partial charge in [0.15, 0.2) is 0 Å². The number of anilines is 1. The van der Waals surface area contributed by atoms with Gasteiger partial charge in [0.05, 0.1) is 25.2 Å². The zero-order valence-electron chi connectivity index (χ0n) is 15.9. The summed E-state index contributed by atoms with van der Waals surface area (Å²) in [6, 6.07) is 11.4. The van der Waals surface area contributed by atoms with Crippen molar-refractivity contribution < 1.29 is 18.3 Å². The van der Waals surface area contributed by atoms with Gasteiger partial charge in [-0.25, -0.2) is 13.3 Å². The molecule has 0 radical (unpaired) electrons. The number of nitrogens with zero attached hydrogens (tertiary/aromatic N) is 4. The van der Waals surface area contributed by atoms with Crippen molar-refractivity contribution >= 4 is 11.2 Å². The lowest BCUT2D eigenvalue weighted by atomic mass is 10.1. The highest BCUT2D eigenvalue weighted by molar-refractivity contribution is 5.72. The molecule has 0 saturated carbocycles. The lowest BCUT2D eigenvalue weighted by Crippen LogP contribution is -2.39. The molecule has 8 heteroatoms. The Balaban J connectivity index is 1.63. The quantitative estimate of drug-likeness (QED) is 0.649. The van der Waals surface area contributed by atoms with Crippen LogP contribution >= 0.6 is 0 Å². The summed E-state index contributed by atoms with van der Waals surface area (Å²) >= 11 is 0. The lowest BCUT2D eigenvalue weighted by molar-refractivity contribution is -0.0220. The molecule has 0 amide bonds. The Kier molecular flexibility index (Phi) is 4.97. The minimum atomic E-state index is -2.62. The van der Waals surface area contributed by atoms with Crippen molar-refractivity contribution in [3.63, 3.8) is 0 Å². The summed E-state index contributed by atoms with van der Waals surface area (Å²) in [6.07, 6.45) is 2.86. The minimum Gasteiger partial charge on any atom is -0.497 e. The van der Waals surface area contributed by atoms with E-state index in [9.17, 15) is 14.0 Å². The topological polar surface area (TPSA) is 62.8 Å². The number of methoxy groups -OCH3 is 1. The SMILES string of the molecule is COc1ccc(COc2cc(N3CCC(F)(F)CC3)cn3ncc(C#N)c23)cc1. The molecule has 0 atom stereocenters. The molecule has 1 aromatic carbocycles. The molecule has 0 N–H and O–H groups in total. The van der Waals surface area contributed by atoms with Crippen LogP contribution in [-0.4, -0.2) is 35.7 Å². The fraction of sp³-hybridized carbons (Fsp3) is 0.333. The molecule has 2 aromatic heterocycles. The molecule has 3 heterocycles. The van der Waals surface area contributed by atoms with Gasteiger partial charge in [-0.1, -0.05) is 12.1 Å². The predicted octanol–water partition coefficient (Wildman–Crippen LogP) is 4.03. The van der Waals surface area contributed by atoms with Gasteiger partial charge in [0.1, 0.15) is 35.3 Å². The first-order valence-electron chi connectivity index (χ1n) is 9.29. The van der Waals surface area contributed by atoms with Crippen LogP contribution in [0, 0.1) is 11.3 Å². The van der Waals surface area contributed by atoms with Gasteiger partial charge < -0.3 is 14.4 Å². The van der Waals surface area contributed by atoms with E-state index in [1.165, 1.54) is 6.20 Å². The van der Waals surface area contributed by atoms with Crippen molar-refractivity contribution in [3.05, 3.63) is 53.9 Å². The van der Waals surface area contributed by atoms with Crippen LogP contribution in [0.4, 0.5) is 14.5 Å². The predicted molar refractivity (Wildman–Crippen MR) is 104 cm³/mol. The van der Waals surface area contributed by atoms with Crippen LogP contribution in [-0.2, 0) is 6.61 Å². The number of pyridine rings is 1. The molecule has 150 valence electrons. The van der Waals surface area contributed by atoms with Crippen molar-refractivity contribution in [1.82, 2.24) is 9.61 Å². The van der Waals surface area contributed by atoms with Gasteiger partial charge in [-0.2, -0.15) is 10.4 Å². The molecule has 1 aliphatic rings. The van der Waals surface area contributed by atoms with Gasteiger partial charge in [-0.15, -0.1) is 0 Å². The molecular formula is C21H20F2N4O2. The Bertz CT molecular complexity index is 1050. The summed E-state index contributed by atoms with van der Waals surface area (Å²) in [7, 11) is 1.60. The van der Waals surface area contributed by atoms with E-state index in [2.05, 4.69) is 11.2 Å². The molecule has 0 bridgehead atoms. The average molecular weight is 398 g/mol. The number of aromatic nitrogens is 2. The highest BCUT2D eigenvalue weighted by Gasteiger charge is 2.34. The molecular weight excluding hydrogens is 378 g/mol. The highest BCUT2D eigenvalue weighted by atomic mass is 19.3. The zero-order chi connectivity index (χ0) is 20.4. The molecule has 4 rings (SSSR count). The van der Waals surface area contributed by atoms with E-state index in [-0.39, 0.29) is 32.5 Å². The largest absolute Gasteiger partial charge is 0.497 e. The first-order valence-corrected chi connectivity index (χ1v) is 9.29. The normalized spacial score (nSPS) is 15.9. The second-order valence-corrected chi connectivity index (χ2v) is 7.01. The van der Waals surface area contributed by atoms with Gasteiger partial charge in [-0.3, -0.25) is 0 Å². The third kappa shape index (κ3) is 3.94. The average Bonchev–Trinajstić information content (AvgIpc) is 3.15. The summed E-state index contributed by atoms with van der Waals surface area (Å²) < 4.78 is 39.8. The molecule has 6 nitrogen and oxygen atoms in total. The van der Waals surface area contributed by atoms with Crippen molar-refractivity contribution in [1.29, 1.82) is 5.26 Å². The van der Waals surface area contributed by atoms with Crippen LogP contribution in [0.25, 0.3) is 5.52 Å². The number of nitriles is 1. The van der Waals surface area contributed by atoms with Gasteiger partial charge in [0.25, 0.3) is 5.92 Å². The number of fused-ring (bicyclic) bond motifs is 1. The number of alkyl halides is 2. The smallest absolute Gasteiger partial charge is 0.251 e. The first kappa shape index (κ1) is 19.0. The second kappa shape index (κ2) is 7.59. The fourth-order valence-corrected chi connectivity index (χ4v) is 3.41. The van der Waals surface area contributed by atoms with Crippen molar-refractivity contribution in [2.45, 2.75) is 25.4 Å². The number of benzene rings is 1. The summed E-state index contributed by atoms with van der Waals surface area (Å²) in [5.74, 6) is -1.37. The van der Waals surface area contributed by atoms with Gasteiger partial charge >= 0.3 is 0 Å². The third-order valence-electron chi connectivity index (χ3n) is 5.10. The van der Waals surface area contributed by atoms with Crippen molar-refractivity contribution in [2.75, 3.05) is 25.1 Å². The Morgan fingerprint density at radius 3 is 2.59 bits per heavy atom. The number of ether oxygens (including phenoxy) is 2.